The van der Waals surface area contributed by atoms with Gasteiger partial charge in [0.05, 0.1) is 5.75 Å². The summed E-state index contributed by atoms with van der Waals surface area (Å²) in [4.78, 5) is 4.67. The summed E-state index contributed by atoms with van der Waals surface area (Å²) in [6, 6.07) is 0. The van der Waals surface area contributed by atoms with Gasteiger partial charge in [0.1, 0.15) is 9.84 Å². The van der Waals surface area contributed by atoms with Crippen molar-refractivity contribution in [3.63, 3.8) is 0 Å². The molecule has 0 atom stereocenters. The van der Waals surface area contributed by atoms with E-state index in [1.165, 1.54) is 0 Å². The van der Waals surface area contributed by atoms with Crippen molar-refractivity contribution >= 4 is 9.84 Å². The smallest absolute Gasteiger partial charge is 0.150 e. The maximum atomic E-state index is 11.5. The Labute approximate surface area is 99.5 Å². The van der Waals surface area contributed by atoms with E-state index in [1.807, 2.05) is 6.92 Å². The first-order valence-electron chi connectivity index (χ1n) is 6.15. The van der Waals surface area contributed by atoms with E-state index < -0.39 is 9.84 Å². The average Bonchev–Trinajstić information content (AvgIpc) is 2.20. The lowest BCUT2D eigenvalue weighted by Crippen LogP contribution is -2.44. The van der Waals surface area contributed by atoms with Gasteiger partial charge in [-0.2, -0.15) is 0 Å². The Morgan fingerprint density at radius 3 is 2.25 bits per heavy atom. The van der Waals surface area contributed by atoms with Gasteiger partial charge in [-0.3, -0.25) is 0 Å². The highest BCUT2D eigenvalue weighted by Crippen LogP contribution is 2.02. The fourth-order valence-corrected chi connectivity index (χ4v) is 3.39. The summed E-state index contributed by atoms with van der Waals surface area (Å²) in [5.74, 6) is 0.697. The van der Waals surface area contributed by atoms with Crippen LogP contribution in [0, 0.1) is 0 Å². The summed E-state index contributed by atoms with van der Waals surface area (Å²) in [6.45, 7) is 7.19. The monoisotopic (exact) mass is 248 g/mol. The zero-order valence-electron chi connectivity index (χ0n) is 10.5. The van der Waals surface area contributed by atoms with Crippen LogP contribution in [-0.2, 0) is 9.84 Å². The van der Waals surface area contributed by atoms with Gasteiger partial charge in [-0.15, -0.1) is 0 Å². The minimum Gasteiger partial charge on any atom is -0.304 e. The van der Waals surface area contributed by atoms with Gasteiger partial charge in [0.25, 0.3) is 0 Å². The van der Waals surface area contributed by atoms with Gasteiger partial charge in [0.15, 0.2) is 0 Å². The molecule has 0 N–H and O–H groups in total. The molecule has 0 aromatic rings. The Bertz CT molecular complexity index is 282. The van der Waals surface area contributed by atoms with Gasteiger partial charge in [-0.05, 0) is 26.4 Å². The van der Waals surface area contributed by atoms with Crippen molar-refractivity contribution in [1.82, 2.24) is 9.80 Å². The summed E-state index contributed by atoms with van der Waals surface area (Å²) < 4.78 is 23.0. The van der Waals surface area contributed by atoms with Crippen molar-refractivity contribution < 1.29 is 8.42 Å². The summed E-state index contributed by atoms with van der Waals surface area (Å²) in [5.41, 5.74) is 0. The highest BCUT2D eigenvalue weighted by Gasteiger charge is 2.15. The van der Waals surface area contributed by atoms with Crippen molar-refractivity contribution in [3.8, 4) is 0 Å². The van der Waals surface area contributed by atoms with E-state index in [4.69, 9.17) is 0 Å². The Hall–Kier alpha value is -0.130. The molecule has 0 unspecified atom stereocenters. The van der Waals surface area contributed by atoms with Crippen LogP contribution in [0.4, 0.5) is 0 Å². The van der Waals surface area contributed by atoms with Crippen LogP contribution in [0.5, 0.6) is 0 Å². The van der Waals surface area contributed by atoms with Crippen LogP contribution in [-0.4, -0.2) is 69.5 Å². The Morgan fingerprint density at radius 1 is 1.06 bits per heavy atom. The molecule has 96 valence electrons. The summed E-state index contributed by atoms with van der Waals surface area (Å²) in [5, 5.41) is 0. The molecule has 5 heteroatoms. The quantitative estimate of drug-likeness (QED) is 0.684. The molecule has 0 amide bonds. The maximum absolute atomic E-state index is 11.5. The Morgan fingerprint density at radius 2 is 1.69 bits per heavy atom. The number of hydrogen-bond donors (Lipinski definition) is 0. The lowest BCUT2D eigenvalue weighted by atomic mass is 10.3. The molecule has 4 nitrogen and oxygen atoms in total. The van der Waals surface area contributed by atoms with Crippen LogP contribution in [0.25, 0.3) is 0 Å². The molecule has 1 heterocycles. The predicted molar refractivity (Wildman–Crippen MR) is 67.5 cm³/mol. The van der Waals surface area contributed by atoms with Gasteiger partial charge in [0.2, 0.25) is 0 Å². The van der Waals surface area contributed by atoms with E-state index in [0.717, 1.165) is 45.6 Å². The van der Waals surface area contributed by atoms with Crippen molar-refractivity contribution in [2.75, 3.05) is 51.3 Å². The molecule has 0 aliphatic carbocycles. The fraction of sp³-hybridized carbons (Fsp3) is 1.00. The summed E-state index contributed by atoms with van der Waals surface area (Å²) in [7, 11) is -0.652. The van der Waals surface area contributed by atoms with Gasteiger partial charge in [-0.25, -0.2) is 8.42 Å². The van der Waals surface area contributed by atoms with Crippen LogP contribution in [0.2, 0.25) is 0 Å². The van der Waals surface area contributed by atoms with Crippen LogP contribution in [0.3, 0.4) is 0 Å². The van der Waals surface area contributed by atoms with E-state index in [2.05, 4.69) is 16.8 Å². The third-order valence-electron chi connectivity index (χ3n) is 3.04. The van der Waals surface area contributed by atoms with Gasteiger partial charge in [-0.1, -0.05) is 6.92 Å². The molecule has 0 bridgehead atoms. The first-order valence-corrected chi connectivity index (χ1v) is 7.97. The second kappa shape index (κ2) is 6.57. The van der Waals surface area contributed by atoms with E-state index in [9.17, 15) is 8.42 Å². The molecular weight excluding hydrogens is 224 g/mol. The zero-order chi connectivity index (χ0) is 12.0. The molecule has 0 radical (unpaired) electrons. The normalized spacial score (nSPS) is 20.1. The number of rotatable bonds is 6. The first kappa shape index (κ1) is 13.9. The molecule has 1 saturated heterocycles. The minimum absolute atomic E-state index is 0.343. The number of sulfone groups is 1. The SMILES string of the molecule is CCCS(=O)(=O)CCCN1CCN(C)CC1. The van der Waals surface area contributed by atoms with Crippen LogP contribution in [0.1, 0.15) is 19.8 Å². The molecule has 1 rings (SSSR count). The second-order valence-corrected chi connectivity index (χ2v) is 6.95. The third kappa shape index (κ3) is 5.27. The minimum atomic E-state index is -2.78. The topological polar surface area (TPSA) is 40.6 Å². The van der Waals surface area contributed by atoms with Gasteiger partial charge in [0, 0.05) is 31.9 Å². The molecule has 16 heavy (non-hydrogen) atoms. The largest absolute Gasteiger partial charge is 0.304 e. The van der Waals surface area contributed by atoms with E-state index >= 15 is 0 Å². The van der Waals surface area contributed by atoms with E-state index in [-0.39, 0.29) is 0 Å². The summed E-state index contributed by atoms with van der Waals surface area (Å²) in [6.07, 6.45) is 1.52. The van der Waals surface area contributed by atoms with E-state index in [1.54, 1.807) is 0 Å². The lowest BCUT2D eigenvalue weighted by Gasteiger charge is -2.32. The van der Waals surface area contributed by atoms with Crippen molar-refractivity contribution in [2.24, 2.45) is 0 Å². The Kier molecular flexibility index (Phi) is 5.72. The number of hydrogen-bond acceptors (Lipinski definition) is 4. The van der Waals surface area contributed by atoms with Crippen molar-refractivity contribution in [3.05, 3.63) is 0 Å². The second-order valence-electron chi connectivity index (χ2n) is 4.65. The summed E-state index contributed by atoms with van der Waals surface area (Å²) >= 11 is 0. The molecule has 1 aliphatic heterocycles. The van der Waals surface area contributed by atoms with Gasteiger partial charge < -0.3 is 9.80 Å². The molecule has 1 aliphatic rings. The first-order chi connectivity index (χ1) is 7.53. The van der Waals surface area contributed by atoms with Crippen LogP contribution in [0.15, 0.2) is 0 Å². The molecule has 0 aromatic carbocycles. The zero-order valence-corrected chi connectivity index (χ0v) is 11.3. The van der Waals surface area contributed by atoms with E-state index in [0.29, 0.717) is 11.5 Å². The number of piperazine rings is 1. The molecule has 1 fully saturated rings. The molecule has 0 spiro atoms. The maximum Gasteiger partial charge on any atom is 0.150 e. The molecular formula is C11H24N2O2S. The standard InChI is InChI=1S/C11H24N2O2S/c1-3-10-16(14,15)11-4-5-13-8-6-12(2)7-9-13/h3-11H2,1-2H3. The third-order valence-corrected chi connectivity index (χ3v) is 4.98. The lowest BCUT2D eigenvalue weighted by molar-refractivity contribution is 0.154. The van der Waals surface area contributed by atoms with Crippen LogP contribution < -0.4 is 0 Å². The Balaban J connectivity index is 2.16. The average molecular weight is 248 g/mol. The number of likely N-dealkylation sites (N-methyl/N-ethyl adjacent to an activating group) is 1. The van der Waals surface area contributed by atoms with Crippen LogP contribution >= 0.6 is 0 Å². The van der Waals surface area contributed by atoms with Crippen molar-refractivity contribution in [1.29, 1.82) is 0 Å². The molecule has 0 saturated carbocycles. The number of nitrogens with zero attached hydrogens (tertiary/aromatic N) is 2. The highest BCUT2D eigenvalue weighted by molar-refractivity contribution is 7.91. The van der Waals surface area contributed by atoms with Gasteiger partial charge >= 0.3 is 0 Å². The fourth-order valence-electron chi connectivity index (χ4n) is 1.99. The predicted octanol–water partition coefficient (Wildman–Crippen LogP) is 0.449. The highest BCUT2D eigenvalue weighted by atomic mass is 32.2. The van der Waals surface area contributed by atoms with Crippen molar-refractivity contribution in [2.45, 2.75) is 19.8 Å². The molecule has 0 aromatic heterocycles.